The molecule has 1 fully saturated rings. The smallest absolute Gasteiger partial charge is 0.317 e. The van der Waals surface area contributed by atoms with E-state index in [0.29, 0.717) is 26.3 Å². The first-order valence-electron chi connectivity index (χ1n) is 6.78. The molecule has 0 aromatic heterocycles. The fourth-order valence-electron chi connectivity index (χ4n) is 2.58. The molecule has 1 saturated heterocycles. The lowest BCUT2D eigenvalue weighted by atomic mass is 10.00. The molecule has 102 valence electrons. The van der Waals surface area contributed by atoms with E-state index in [1.165, 1.54) is 11.3 Å². The summed E-state index contributed by atoms with van der Waals surface area (Å²) in [5.41, 5.74) is 2.44. The summed E-state index contributed by atoms with van der Waals surface area (Å²) in [5, 5.41) is 6.46. The van der Waals surface area contributed by atoms with Gasteiger partial charge in [0.1, 0.15) is 0 Å². The number of amides is 2. The van der Waals surface area contributed by atoms with Gasteiger partial charge in [0.15, 0.2) is 0 Å². The summed E-state index contributed by atoms with van der Waals surface area (Å²) in [5.74, 6) is 0. The summed E-state index contributed by atoms with van der Waals surface area (Å²) in [6.07, 6.45) is 0.888. The molecule has 1 atom stereocenters. The van der Waals surface area contributed by atoms with Crippen molar-refractivity contribution >= 4 is 11.7 Å². The van der Waals surface area contributed by atoms with E-state index >= 15 is 0 Å². The van der Waals surface area contributed by atoms with Crippen LogP contribution in [0.3, 0.4) is 0 Å². The van der Waals surface area contributed by atoms with Crippen molar-refractivity contribution in [3.05, 3.63) is 29.8 Å². The van der Waals surface area contributed by atoms with Crippen LogP contribution in [0.2, 0.25) is 0 Å². The summed E-state index contributed by atoms with van der Waals surface area (Å²) in [7, 11) is 0. The molecule has 2 heterocycles. The van der Waals surface area contributed by atoms with E-state index < -0.39 is 0 Å². The normalized spacial score (nSPS) is 22.3. The van der Waals surface area contributed by atoms with Crippen LogP contribution < -0.4 is 10.6 Å². The molecule has 0 saturated carbocycles. The van der Waals surface area contributed by atoms with Gasteiger partial charge in [-0.2, -0.15) is 0 Å². The molecule has 5 nitrogen and oxygen atoms in total. The number of anilines is 1. The number of rotatable bonds is 1. The number of carbonyl (C=O) groups excluding carboxylic acids is 1. The second-order valence-electron chi connectivity index (χ2n) is 4.99. The molecule has 0 spiro atoms. The molecule has 3 rings (SSSR count). The molecule has 0 bridgehead atoms. The van der Waals surface area contributed by atoms with Gasteiger partial charge < -0.3 is 20.3 Å². The number of urea groups is 1. The highest BCUT2D eigenvalue weighted by Crippen LogP contribution is 2.21. The highest BCUT2D eigenvalue weighted by Gasteiger charge is 2.23. The second-order valence-corrected chi connectivity index (χ2v) is 4.99. The third-order valence-corrected chi connectivity index (χ3v) is 3.65. The summed E-state index contributed by atoms with van der Waals surface area (Å²) < 4.78 is 5.25. The average Bonchev–Trinajstić information content (AvgIpc) is 2.48. The zero-order valence-electron chi connectivity index (χ0n) is 10.9. The maximum atomic E-state index is 12.1. The average molecular weight is 261 g/mol. The zero-order chi connectivity index (χ0) is 13.1. The third-order valence-electron chi connectivity index (χ3n) is 3.65. The first-order chi connectivity index (χ1) is 9.33. The van der Waals surface area contributed by atoms with Gasteiger partial charge in [-0.1, -0.05) is 18.2 Å². The Balaban J connectivity index is 1.58. The van der Waals surface area contributed by atoms with Crippen LogP contribution in [0.5, 0.6) is 0 Å². The summed E-state index contributed by atoms with van der Waals surface area (Å²) in [4.78, 5) is 13.9. The van der Waals surface area contributed by atoms with Gasteiger partial charge in [-0.25, -0.2) is 4.79 Å². The van der Waals surface area contributed by atoms with E-state index in [1.807, 2.05) is 17.0 Å². The molecule has 2 amide bonds. The van der Waals surface area contributed by atoms with Crippen molar-refractivity contribution < 1.29 is 9.53 Å². The molecule has 0 radical (unpaired) electrons. The number of nitrogens with one attached hydrogen (secondary N) is 2. The van der Waals surface area contributed by atoms with Gasteiger partial charge in [-0.05, 0) is 18.1 Å². The fourth-order valence-corrected chi connectivity index (χ4v) is 2.58. The molecule has 2 aliphatic heterocycles. The SMILES string of the molecule is O=C(NC1CNc2ccccc2C1)N1CCOCC1. The predicted molar refractivity (Wildman–Crippen MR) is 73.3 cm³/mol. The Labute approximate surface area is 112 Å². The number of hydrogen-bond donors (Lipinski definition) is 2. The fraction of sp³-hybridized carbons (Fsp3) is 0.500. The van der Waals surface area contributed by atoms with E-state index in [2.05, 4.69) is 22.8 Å². The van der Waals surface area contributed by atoms with Crippen molar-refractivity contribution in [2.75, 3.05) is 38.2 Å². The first kappa shape index (κ1) is 12.3. The van der Waals surface area contributed by atoms with Crippen LogP contribution in [0.25, 0.3) is 0 Å². The Morgan fingerprint density at radius 3 is 2.95 bits per heavy atom. The lowest BCUT2D eigenvalue weighted by Crippen LogP contribution is -2.52. The van der Waals surface area contributed by atoms with Gasteiger partial charge in [0, 0.05) is 25.3 Å². The minimum absolute atomic E-state index is 0.0227. The van der Waals surface area contributed by atoms with Crippen molar-refractivity contribution in [3.8, 4) is 0 Å². The highest BCUT2D eigenvalue weighted by atomic mass is 16.5. The maximum absolute atomic E-state index is 12.1. The number of carbonyl (C=O) groups is 1. The lowest BCUT2D eigenvalue weighted by Gasteiger charge is -2.31. The van der Waals surface area contributed by atoms with E-state index in [1.54, 1.807) is 0 Å². The number of nitrogens with zero attached hydrogens (tertiary/aromatic N) is 1. The van der Waals surface area contributed by atoms with Crippen molar-refractivity contribution in [2.24, 2.45) is 0 Å². The van der Waals surface area contributed by atoms with E-state index in [9.17, 15) is 4.79 Å². The molecule has 0 aliphatic carbocycles. The minimum Gasteiger partial charge on any atom is -0.383 e. The molecule has 5 heteroatoms. The largest absolute Gasteiger partial charge is 0.383 e. The minimum atomic E-state index is 0.0227. The van der Waals surface area contributed by atoms with Gasteiger partial charge in [0.2, 0.25) is 0 Å². The van der Waals surface area contributed by atoms with E-state index in [4.69, 9.17) is 4.74 Å². The van der Waals surface area contributed by atoms with Crippen LogP contribution in [-0.2, 0) is 11.2 Å². The number of ether oxygens (including phenoxy) is 1. The molecule has 1 unspecified atom stereocenters. The van der Waals surface area contributed by atoms with Crippen molar-refractivity contribution in [1.82, 2.24) is 10.2 Å². The lowest BCUT2D eigenvalue weighted by molar-refractivity contribution is 0.0526. The Bertz CT molecular complexity index is 458. The van der Waals surface area contributed by atoms with Crippen molar-refractivity contribution in [2.45, 2.75) is 12.5 Å². The number of para-hydroxylation sites is 1. The molecule has 19 heavy (non-hydrogen) atoms. The van der Waals surface area contributed by atoms with Gasteiger partial charge in [-0.15, -0.1) is 0 Å². The standard InChI is InChI=1S/C14H19N3O2/c18-14(17-5-7-19-8-6-17)16-12-9-11-3-1-2-4-13(11)15-10-12/h1-4,12,15H,5-10H2,(H,16,18). The van der Waals surface area contributed by atoms with Gasteiger partial charge in [0.05, 0.1) is 19.3 Å². The Morgan fingerprint density at radius 1 is 1.32 bits per heavy atom. The molecule has 1 aromatic rings. The Morgan fingerprint density at radius 2 is 2.11 bits per heavy atom. The number of morpholine rings is 1. The topological polar surface area (TPSA) is 53.6 Å². The monoisotopic (exact) mass is 261 g/mol. The quantitative estimate of drug-likeness (QED) is 0.795. The van der Waals surface area contributed by atoms with Gasteiger partial charge >= 0.3 is 6.03 Å². The summed E-state index contributed by atoms with van der Waals surface area (Å²) >= 11 is 0. The van der Waals surface area contributed by atoms with Crippen LogP contribution in [-0.4, -0.2) is 49.8 Å². The number of benzene rings is 1. The summed E-state index contributed by atoms with van der Waals surface area (Å²) in [6, 6.07) is 8.43. The molecular weight excluding hydrogens is 242 g/mol. The van der Waals surface area contributed by atoms with Crippen LogP contribution in [0.1, 0.15) is 5.56 Å². The molecule has 1 aromatic carbocycles. The van der Waals surface area contributed by atoms with E-state index in [0.717, 1.165) is 13.0 Å². The van der Waals surface area contributed by atoms with Crippen LogP contribution in [0.15, 0.2) is 24.3 Å². The van der Waals surface area contributed by atoms with Crippen molar-refractivity contribution in [1.29, 1.82) is 0 Å². The van der Waals surface area contributed by atoms with Gasteiger partial charge in [0.25, 0.3) is 0 Å². The molecular formula is C14H19N3O2. The highest BCUT2D eigenvalue weighted by molar-refractivity contribution is 5.75. The summed E-state index contributed by atoms with van der Waals surface area (Å²) in [6.45, 7) is 3.43. The molecule has 2 aliphatic rings. The van der Waals surface area contributed by atoms with Crippen LogP contribution >= 0.6 is 0 Å². The van der Waals surface area contributed by atoms with Crippen molar-refractivity contribution in [3.63, 3.8) is 0 Å². The third kappa shape index (κ3) is 2.81. The Kier molecular flexibility index (Phi) is 3.55. The maximum Gasteiger partial charge on any atom is 0.317 e. The zero-order valence-corrected chi connectivity index (χ0v) is 10.9. The predicted octanol–water partition coefficient (Wildman–Crippen LogP) is 1.06. The van der Waals surface area contributed by atoms with Crippen LogP contribution in [0.4, 0.5) is 10.5 Å². The van der Waals surface area contributed by atoms with Gasteiger partial charge in [-0.3, -0.25) is 0 Å². The first-order valence-corrected chi connectivity index (χ1v) is 6.78. The number of fused-ring (bicyclic) bond motifs is 1. The molecule has 2 N–H and O–H groups in total. The second kappa shape index (κ2) is 5.48. The Hall–Kier alpha value is -1.75. The number of hydrogen-bond acceptors (Lipinski definition) is 3. The van der Waals surface area contributed by atoms with E-state index in [-0.39, 0.29) is 12.1 Å². The van der Waals surface area contributed by atoms with Crippen LogP contribution in [0, 0.1) is 0 Å².